The molecule has 232 valence electrons. The molecule has 0 radical (unpaired) electrons. The van der Waals surface area contributed by atoms with E-state index < -0.39 is 17.6 Å². The Balaban J connectivity index is 1.11. The molecule has 2 saturated heterocycles. The quantitative estimate of drug-likeness (QED) is 0.426. The monoisotopic (exact) mass is 602 g/mol. The number of aromatic nitrogens is 3. The summed E-state index contributed by atoms with van der Waals surface area (Å²) in [6.07, 6.45) is 6.55. The number of ether oxygens (including phenoxy) is 2. The van der Waals surface area contributed by atoms with Crippen molar-refractivity contribution < 1.29 is 23.9 Å². The maximum atomic E-state index is 13.3. The van der Waals surface area contributed by atoms with Gasteiger partial charge < -0.3 is 14.4 Å². The Labute approximate surface area is 255 Å². The van der Waals surface area contributed by atoms with Crippen molar-refractivity contribution in [3.8, 4) is 0 Å². The minimum Gasteiger partial charge on any atom is -0.444 e. The van der Waals surface area contributed by atoms with Gasteiger partial charge in [0.25, 0.3) is 5.91 Å². The molecule has 1 aromatic carbocycles. The minimum atomic E-state index is -0.584. The van der Waals surface area contributed by atoms with Crippen molar-refractivity contribution in [2.24, 2.45) is 12.5 Å². The van der Waals surface area contributed by atoms with E-state index in [0.717, 1.165) is 55.5 Å². The molecule has 2 fully saturated rings. The number of benzene rings is 1. The van der Waals surface area contributed by atoms with Crippen molar-refractivity contribution in [2.75, 3.05) is 29.9 Å². The van der Waals surface area contributed by atoms with Gasteiger partial charge in [0, 0.05) is 32.8 Å². The van der Waals surface area contributed by atoms with Crippen LogP contribution in [0.5, 0.6) is 0 Å². The lowest BCUT2D eigenvalue weighted by Gasteiger charge is -2.46. The number of nitrogens with zero attached hydrogens (tertiary/aromatic N) is 4. The Morgan fingerprint density at radius 1 is 1.11 bits per heavy atom. The molecule has 3 aliphatic heterocycles. The molecule has 12 heteroatoms. The summed E-state index contributed by atoms with van der Waals surface area (Å²) in [6, 6.07) is 9.46. The number of carbonyl (C=O) groups is 3. The predicted molar refractivity (Wildman–Crippen MR) is 165 cm³/mol. The summed E-state index contributed by atoms with van der Waals surface area (Å²) < 4.78 is 14.7. The normalized spacial score (nSPS) is 20.4. The van der Waals surface area contributed by atoms with Crippen LogP contribution in [0.2, 0.25) is 0 Å². The molecule has 0 saturated carbocycles. The number of para-hydroxylation sites is 1. The average Bonchev–Trinajstić information content (AvgIpc) is 3.23. The summed E-state index contributed by atoms with van der Waals surface area (Å²) >= 11 is 0. The van der Waals surface area contributed by atoms with Crippen LogP contribution in [0.25, 0.3) is 16.7 Å². The lowest BCUT2D eigenvalue weighted by Crippen LogP contribution is -2.44. The minimum absolute atomic E-state index is 0.0495. The molecular formula is C32H38N6O6. The van der Waals surface area contributed by atoms with Crippen LogP contribution < -0.4 is 21.2 Å². The van der Waals surface area contributed by atoms with Crippen molar-refractivity contribution in [3.63, 3.8) is 0 Å². The van der Waals surface area contributed by atoms with Gasteiger partial charge in [0.15, 0.2) is 0 Å². The van der Waals surface area contributed by atoms with Gasteiger partial charge >= 0.3 is 11.8 Å². The van der Waals surface area contributed by atoms with Crippen molar-refractivity contribution in [1.29, 1.82) is 0 Å². The lowest BCUT2D eigenvalue weighted by atomic mass is 9.73. The molecule has 44 heavy (non-hydrogen) atoms. The van der Waals surface area contributed by atoms with Crippen LogP contribution in [-0.2, 0) is 26.1 Å². The van der Waals surface area contributed by atoms with E-state index in [-0.39, 0.29) is 35.2 Å². The highest BCUT2D eigenvalue weighted by Crippen LogP contribution is 2.45. The van der Waals surface area contributed by atoms with E-state index in [1.807, 2.05) is 45.0 Å². The molecule has 0 unspecified atom stereocenters. The summed E-state index contributed by atoms with van der Waals surface area (Å²) in [5, 5.41) is 4.97. The predicted octanol–water partition coefficient (Wildman–Crippen LogP) is 4.11. The number of carbonyl (C=O) groups excluding carboxylic acids is 3. The number of imide groups is 1. The van der Waals surface area contributed by atoms with Gasteiger partial charge in [-0.2, -0.15) is 0 Å². The first-order valence-electron chi connectivity index (χ1n) is 15.0. The molecule has 1 atom stereocenters. The number of aryl methyl sites for hydroxylation is 1. The first-order valence-corrected chi connectivity index (χ1v) is 15.0. The van der Waals surface area contributed by atoms with E-state index in [1.54, 1.807) is 23.9 Å². The Kier molecular flexibility index (Phi) is 7.56. The maximum Gasteiger partial charge on any atom is 0.413 e. The smallest absolute Gasteiger partial charge is 0.413 e. The van der Waals surface area contributed by atoms with Crippen LogP contribution in [0.1, 0.15) is 64.5 Å². The van der Waals surface area contributed by atoms with Crippen molar-refractivity contribution in [3.05, 3.63) is 58.7 Å². The molecule has 2 N–H and O–H groups in total. The highest BCUT2D eigenvalue weighted by atomic mass is 16.6. The van der Waals surface area contributed by atoms with Crippen LogP contribution >= 0.6 is 0 Å². The largest absolute Gasteiger partial charge is 0.444 e. The highest BCUT2D eigenvalue weighted by Gasteiger charge is 2.40. The number of fused-ring (bicyclic) bond motifs is 1. The number of piperidine rings is 1. The van der Waals surface area contributed by atoms with E-state index in [0.29, 0.717) is 17.9 Å². The SMILES string of the molecule is Cn1c(=O)n(C2=CCC(=O)NC2=O)c2cccc(N3CCC4(CC[C@@H](c5ccc(NC(=O)OC(C)(C)C)nc5)OC4)CC3)c21. The van der Waals surface area contributed by atoms with Crippen molar-refractivity contribution >= 4 is 46.1 Å². The highest BCUT2D eigenvalue weighted by molar-refractivity contribution is 6.22. The van der Waals surface area contributed by atoms with E-state index in [1.165, 1.54) is 10.6 Å². The van der Waals surface area contributed by atoms with Gasteiger partial charge in [-0.15, -0.1) is 0 Å². The Morgan fingerprint density at radius 3 is 2.52 bits per heavy atom. The third-order valence-corrected chi connectivity index (χ3v) is 8.73. The fourth-order valence-corrected chi connectivity index (χ4v) is 6.42. The number of hydrogen-bond acceptors (Lipinski definition) is 8. The number of hydrogen-bond donors (Lipinski definition) is 2. The third kappa shape index (κ3) is 5.73. The van der Waals surface area contributed by atoms with Crippen LogP contribution in [0, 0.1) is 5.41 Å². The summed E-state index contributed by atoms with van der Waals surface area (Å²) in [4.78, 5) is 56.3. The van der Waals surface area contributed by atoms with Gasteiger partial charge in [-0.25, -0.2) is 14.6 Å². The molecule has 1 spiro atoms. The summed E-state index contributed by atoms with van der Waals surface area (Å²) in [6.45, 7) is 7.72. The van der Waals surface area contributed by atoms with Gasteiger partial charge in [0.1, 0.15) is 17.1 Å². The summed E-state index contributed by atoms with van der Waals surface area (Å²) in [7, 11) is 1.71. The second-order valence-electron chi connectivity index (χ2n) is 12.9. The Morgan fingerprint density at radius 2 is 1.89 bits per heavy atom. The third-order valence-electron chi connectivity index (χ3n) is 8.73. The zero-order chi connectivity index (χ0) is 31.2. The van der Waals surface area contributed by atoms with E-state index >= 15 is 0 Å². The molecule has 3 amide bonds. The molecule has 0 aliphatic carbocycles. The average molecular weight is 603 g/mol. The molecule has 0 bridgehead atoms. The topological polar surface area (TPSA) is 137 Å². The number of pyridine rings is 1. The van der Waals surface area contributed by atoms with Gasteiger partial charge in [0.05, 0.1) is 29.4 Å². The zero-order valence-electron chi connectivity index (χ0n) is 25.5. The zero-order valence-corrected chi connectivity index (χ0v) is 25.5. The molecular weight excluding hydrogens is 564 g/mol. The van der Waals surface area contributed by atoms with Crippen LogP contribution in [0.4, 0.5) is 16.3 Å². The number of amides is 3. The second-order valence-corrected chi connectivity index (χ2v) is 12.9. The lowest BCUT2D eigenvalue weighted by molar-refractivity contribution is -0.127. The van der Waals surface area contributed by atoms with Crippen LogP contribution in [-0.4, -0.2) is 57.3 Å². The van der Waals surface area contributed by atoms with Gasteiger partial charge in [-0.3, -0.25) is 29.4 Å². The molecule has 2 aromatic heterocycles. The first kappa shape index (κ1) is 29.6. The van der Waals surface area contributed by atoms with Crippen molar-refractivity contribution in [1.82, 2.24) is 19.4 Å². The van der Waals surface area contributed by atoms with Crippen molar-refractivity contribution in [2.45, 2.75) is 64.6 Å². The fourth-order valence-electron chi connectivity index (χ4n) is 6.42. The molecule has 3 aliphatic rings. The van der Waals surface area contributed by atoms with Gasteiger partial charge in [-0.1, -0.05) is 12.1 Å². The van der Waals surface area contributed by atoms with E-state index in [9.17, 15) is 19.2 Å². The Bertz CT molecular complexity index is 1700. The second kappa shape index (κ2) is 11.2. The number of nitrogens with one attached hydrogen (secondary N) is 2. The van der Waals surface area contributed by atoms with E-state index in [4.69, 9.17) is 9.47 Å². The van der Waals surface area contributed by atoms with Crippen LogP contribution in [0.15, 0.2) is 47.4 Å². The molecule has 6 rings (SSSR count). The number of imidazole rings is 1. The Hall–Kier alpha value is -4.45. The van der Waals surface area contributed by atoms with Gasteiger partial charge in [0.2, 0.25) is 5.91 Å². The van der Waals surface area contributed by atoms with Gasteiger partial charge in [-0.05, 0) is 81.7 Å². The number of anilines is 2. The molecule has 3 aromatic rings. The maximum absolute atomic E-state index is 13.3. The molecule has 12 nitrogen and oxygen atoms in total. The summed E-state index contributed by atoms with van der Waals surface area (Å²) in [5.74, 6) is -0.518. The number of rotatable bonds is 4. The first-order chi connectivity index (χ1) is 20.9. The fraction of sp³-hybridized carbons (Fsp3) is 0.469. The van der Waals surface area contributed by atoms with Crippen LogP contribution in [0.3, 0.4) is 0 Å². The van der Waals surface area contributed by atoms with E-state index in [2.05, 4.69) is 20.5 Å². The standard InChI is InChI=1S/C32H38N6O6/c1-31(2,3)44-29(41)34-25-10-8-20(18-33-25)24-12-13-32(19-43-24)14-16-37(17-15-32)21-6-5-7-22-27(21)36(4)30(42)38(22)23-9-11-26(39)35-28(23)40/h5-10,18,24H,11-17,19H2,1-4H3,(H,33,34,41)(H,35,39,40)/t24-/m0/s1. The summed E-state index contributed by atoms with van der Waals surface area (Å²) in [5.41, 5.74) is 2.67. The molecule has 5 heterocycles.